The zero-order valence-corrected chi connectivity index (χ0v) is 10.3. The van der Waals surface area contributed by atoms with Gasteiger partial charge in [0.05, 0.1) is 19.4 Å². The van der Waals surface area contributed by atoms with Crippen LogP contribution in [-0.2, 0) is 28.7 Å². The maximum atomic E-state index is 10.7. The van der Waals surface area contributed by atoms with Crippen LogP contribution in [-0.4, -0.2) is 69.7 Å². The van der Waals surface area contributed by atoms with Crippen molar-refractivity contribution in [2.45, 2.75) is 18.4 Å². The standard InChI is InChI=1S/C10H14O10/c11-6(12)1-10(2-7(13)14,20-4-9(17)18)5-19-3-8(15)16/h1-5H2,(H,11,12)(H,13,14)(H,15,16)(H,17,18). The minimum Gasteiger partial charge on any atom is -0.481 e. The Bertz CT molecular complexity index is 371. The van der Waals surface area contributed by atoms with E-state index in [1.165, 1.54) is 0 Å². The van der Waals surface area contributed by atoms with Crippen LogP contribution >= 0.6 is 0 Å². The maximum absolute atomic E-state index is 10.7. The molecule has 0 aromatic heterocycles. The molecule has 0 saturated carbocycles. The first-order valence-corrected chi connectivity index (χ1v) is 5.26. The SMILES string of the molecule is O=C(O)COCC(CC(=O)O)(CC(=O)O)OCC(=O)O. The van der Waals surface area contributed by atoms with Gasteiger partial charge in [-0.3, -0.25) is 9.59 Å². The topological polar surface area (TPSA) is 168 Å². The lowest BCUT2D eigenvalue weighted by Crippen LogP contribution is -2.44. The normalized spacial score (nSPS) is 11.0. The summed E-state index contributed by atoms with van der Waals surface area (Å²) in [5.74, 6) is -5.64. The van der Waals surface area contributed by atoms with E-state index in [1.807, 2.05) is 0 Å². The van der Waals surface area contributed by atoms with Crippen molar-refractivity contribution in [3.05, 3.63) is 0 Å². The van der Waals surface area contributed by atoms with Gasteiger partial charge in [-0.25, -0.2) is 9.59 Å². The van der Waals surface area contributed by atoms with Gasteiger partial charge in [-0.15, -0.1) is 0 Å². The van der Waals surface area contributed by atoms with E-state index in [2.05, 4.69) is 4.74 Å². The average molecular weight is 294 g/mol. The molecule has 0 aromatic carbocycles. The van der Waals surface area contributed by atoms with Gasteiger partial charge in [-0.2, -0.15) is 0 Å². The van der Waals surface area contributed by atoms with E-state index in [0.717, 1.165) is 0 Å². The third-order valence-corrected chi connectivity index (χ3v) is 2.04. The summed E-state index contributed by atoms with van der Waals surface area (Å²) in [4.78, 5) is 42.2. The van der Waals surface area contributed by atoms with Gasteiger partial charge in [0.2, 0.25) is 0 Å². The fourth-order valence-corrected chi connectivity index (χ4v) is 1.40. The van der Waals surface area contributed by atoms with Gasteiger partial charge in [0, 0.05) is 0 Å². The van der Waals surface area contributed by atoms with E-state index in [4.69, 9.17) is 25.2 Å². The van der Waals surface area contributed by atoms with E-state index in [1.54, 1.807) is 0 Å². The van der Waals surface area contributed by atoms with Gasteiger partial charge in [-0.05, 0) is 0 Å². The van der Waals surface area contributed by atoms with E-state index >= 15 is 0 Å². The fourth-order valence-electron chi connectivity index (χ4n) is 1.40. The van der Waals surface area contributed by atoms with E-state index in [9.17, 15) is 19.2 Å². The van der Waals surface area contributed by atoms with Crippen LogP contribution in [0.2, 0.25) is 0 Å². The van der Waals surface area contributed by atoms with Crippen molar-refractivity contribution >= 4 is 23.9 Å². The summed E-state index contributed by atoms with van der Waals surface area (Å²) < 4.78 is 9.47. The van der Waals surface area contributed by atoms with Gasteiger partial charge in [-0.1, -0.05) is 0 Å². The summed E-state index contributed by atoms with van der Waals surface area (Å²) >= 11 is 0. The highest BCUT2D eigenvalue weighted by atomic mass is 16.6. The van der Waals surface area contributed by atoms with Crippen molar-refractivity contribution < 1.29 is 49.1 Å². The molecule has 0 heterocycles. The molecule has 0 rings (SSSR count). The molecule has 0 unspecified atom stereocenters. The molecule has 0 aromatic rings. The molecule has 0 saturated heterocycles. The number of carboxylic acid groups (broad SMARTS) is 4. The number of hydrogen-bond acceptors (Lipinski definition) is 6. The molecule has 10 nitrogen and oxygen atoms in total. The van der Waals surface area contributed by atoms with Gasteiger partial charge in [0.1, 0.15) is 18.8 Å². The zero-order valence-electron chi connectivity index (χ0n) is 10.3. The molecular weight excluding hydrogens is 280 g/mol. The zero-order chi connectivity index (χ0) is 15.8. The van der Waals surface area contributed by atoms with Crippen LogP contribution in [0.3, 0.4) is 0 Å². The molecule has 0 bridgehead atoms. The van der Waals surface area contributed by atoms with Crippen molar-refractivity contribution in [2.24, 2.45) is 0 Å². The summed E-state index contributed by atoms with van der Waals surface area (Å²) in [5.41, 5.74) is -1.95. The highest BCUT2D eigenvalue weighted by Gasteiger charge is 2.38. The molecule has 4 N–H and O–H groups in total. The second-order valence-corrected chi connectivity index (χ2v) is 3.89. The highest BCUT2D eigenvalue weighted by Crippen LogP contribution is 2.22. The Morgan fingerprint density at radius 3 is 1.55 bits per heavy atom. The lowest BCUT2D eigenvalue weighted by atomic mass is 9.96. The summed E-state index contributed by atoms with van der Waals surface area (Å²) in [6.07, 6.45) is -1.68. The number of ether oxygens (including phenoxy) is 2. The molecule has 20 heavy (non-hydrogen) atoms. The maximum Gasteiger partial charge on any atom is 0.329 e. The van der Waals surface area contributed by atoms with Gasteiger partial charge >= 0.3 is 23.9 Å². The highest BCUT2D eigenvalue weighted by molar-refractivity contribution is 5.73. The Hall–Kier alpha value is -2.20. The predicted octanol–water partition coefficient (Wildman–Crippen LogP) is -1.12. The molecule has 0 spiro atoms. The largest absolute Gasteiger partial charge is 0.481 e. The van der Waals surface area contributed by atoms with Crippen molar-refractivity contribution in [3.8, 4) is 0 Å². The summed E-state index contributed by atoms with van der Waals surface area (Å²) in [7, 11) is 0. The fraction of sp³-hybridized carbons (Fsp3) is 0.600. The van der Waals surface area contributed by atoms with Gasteiger partial charge < -0.3 is 29.9 Å². The quantitative estimate of drug-likeness (QED) is 0.366. The lowest BCUT2D eigenvalue weighted by molar-refractivity contribution is -0.173. The van der Waals surface area contributed by atoms with Crippen LogP contribution < -0.4 is 0 Å². The Kier molecular flexibility index (Phi) is 7.18. The van der Waals surface area contributed by atoms with E-state index < -0.39 is 62.1 Å². The Balaban J connectivity index is 4.96. The molecule has 114 valence electrons. The van der Waals surface area contributed by atoms with E-state index in [-0.39, 0.29) is 0 Å². The monoisotopic (exact) mass is 294 g/mol. The van der Waals surface area contributed by atoms with Crippen molar-refractivity contribution in [2.75, 3.05) is 19.8 Å². The lowest BCUT2D eigenvalue weighted by Gasteiger charge is -2.30. The van der Waals surface area contributed by atoms with Crippen LogP contribution in [0.15, 0.2) is 0 Å². The average Bonchev–Trinajstić information content (AvgIpc) is 2.24. The molecule has 0 radical (unpaired) electrons. The number of carbonyl (C=O) groups is 4. The Morgan fingerprint density at radius 2 is 1.20 bits per heavy atom. The molecule has 10 heteroatoms. The smallest absolute Gasteiger partial charge is 0.329 e. The third kappa shape index (κ3) is 8.00. The number of rotatable bonds is 11. The summed E-state index contributed by atoms with van der Waals surface area (Å²) in [6, 6.07) is 0. The van der Waals surface area contributed by atoms with Crippen LogP contribution in [0.25, 0.3) is 0 Å². The van der Waals surface area contributed by atoms with Crippen molar-refractivity contribution in [1.29, 1.82) is 0 Å². The third-order valence-electron chi connectivity index (χ3n) is 2.04. The van der Waals surface area contributed by atoms with E-state index in [0.29, 0.717) is 0 Å². The van der Waals surface area contributed by atoms with Gasteiger partial charge in [0.15, 0.2) is 0 Å². The molecule has 0 aliphatic carbocycles. The van der Waals surface area contributed by atoms with Gasteiger partial charge in [0.25, 0.3) is 0 Å². The molecule has 0 fully saturated rings. The molecular formula is C10H14O10. The van der Waals surface area contributed by atoms with Crippen LogP contribution in [0.4, 0.5) is 0 Å². The molecule has 0 aliphatic heterocycles. The number of aliphatic carboxylic acids is 4. The van der Waals surface area contributed by atoms with Crippen LogP contribution in [0.5, 0.6) is 0 Å². The van der Waals surface area contributed by atoms with Crippen molar-refractivity contribution in [1.82, 2.24) is 0 Å². The minimum absolute atomic E-state index is 0.675. The second-order valence-electron chi connectivity index (χ2n) is 3.89. The molecule has 0 atom stereocenters. The molecule has 0 amide bonds. The predicted molar refractivity (Wildman–Crippen MR) is 59.3 cm³/mol. The number of carboxylic acids is 4. The first-order chi connectivity index (χ1) is 9.17. The second kappa shape index (κ2) is 8.07. The summed E-state index contributed by atoms with van der Waals surface area (Å²) in [6.45, 7) is -2.40. The first-order valence-electron chi connectivity index (χ1n) is 5.26. The first kappa shape index (κ1) is 17.8. The Labute approximate surface area is 112 Å². The molecule has 0 aliphatic rings. The number of hydrogen-bond donors (Lipinski definition) is 4. The Morgan fingerprint density at radius 1 is 0.750 bits per heavy atom. The minimum atomic E-state index is -1.95. The van der Waals surface area contributed by atoms with Crippen LogP contribution in [0.1, 0.15) is 12.8 Å². The summed E-state index contributed by atoms with van der Waals surface area (Å²) in [5, 5.41) is 34.4. The van der Waals surface area contributed by atoms with Crippen molar-refractivity contribution in [3.63, 3.8) is 0 Å². The van der Waals surface area contributed by atoms with Crippen LogP contribution in [0, 0.1) is 0 Å².